The first-order valence-corrected chi connectivity index (χ1v) is 4.11. The molecule has 0 aromatic heterocycles. The van der Waals surface area contributed by atoms with Crippen molar-refractivity contribution >= 4 is 0 Å². The van der Waals surface area contributed by atoms with Gasteiger partial charge in [-0.1, -0.05) is 12.1 Å². The first-order chi connectivity index (χ1) is 5.71. The molecule has 0 N–H and O–H groups in total. The molecule has 1 aliphatic heterocycles. The van der Waals surface area contributed by atoms with E-state index in [1.165, 1.54) is 12.1 Å². The van der Waals surface area contributed by atoms with Crippen LogP contribution in [0.5, 0.6) is 0 Å². The average molecular weight is 166 g/mol. The van der Waals surface area contributed by atoms with Gasteiger partial charge in [0, 0.05) is 6.42 Å². The summed E-state index contributed by atoms with van der Waals surface area (Å²) in [5, 5.41) is 0. The van der Waals surface area contributed by atoms with Crippen LogP contribution >= 0.6 is 0 Å². The summed E-state index contributed by atoms with van der Waals surface area (Å²) in [5.74, 6) is -0.193. The maximum absolute atomic E-state index is 12.6. The van der Waals surface area contributed by atoms with E-state index < -0.39 is 0 Å². The zero-order chi connectivity index (χ0) is 8.60. The van der Waals surface area contributed by atoms with E-state index in [4.69, 9.17) is 4.74 Å². The molecule has 1 nitrogen and oxygen atoms in total. The Hall–Kier alpha value is -0.890. The maximum Gasteiger partial charge on any atom is 0.123 e. The Morgan fingerprint density at radius 2 is 1.92 bits per heavy atom. The Kier molecular flexibility index (Phi) is 1.65. The summed E-state index contributed by atoms with van der Waals surface area (Å²) < 4.78 is 18.0. The van der Waals surface area contributed by atoms with Crippen LogP contribution < -0.4 is 0 Å². The molecule has 2 heteroatoms. The first kappa shape index (κ1) is 7.74. The average Bonchev–Trinajstić information content (AvgIpc) is 2.02. The molecule has 0 radical (unpaired) electrons. The molecular weight excluding hydrogens is 155 g/mol. The van der Waals surface area contributed by atoms with Crippen molar-refractivity contribution in [2.45, 2.75) is 18.9 Å². The van der Waals surface area contributed by atoms with Gasteiger partial charge in [-0.3, -0.25) is 0 Å². The molecule has 0 aliphatic carbocycles. The zero-order valence-electron chi connectivity index (χ0n) is 7.01. The van der Waals surface area contributed by atoms with E-state index in [0.717, 1.165) is 18.6 Å². The predicted molar refractivity (Wildman–Crippen MR) is 44.3 cm³/mol. The molecule has 2 rings (SSSR count). The molecule has 12 heavy (non-hydrogen) atoms. The highest BCUT2D eigenvalue weighted by Gasteiger charge is 2.34. The molecule has 0 bridgehead atoms. The van der Waals surface area contributed by atoms with Crippen molar-refractivity contribution in [1.29, 1.82) is 0 Å². The summed E-state index contributed by atoms with van der Waals surface area (Å²) in [6.07, 6.45) is 1.03. The number of rotatable bonds is 1. The lowest BCUT2D eigenvalue weighted by Crippen LogP contribution is -2.37. The highest BCUT2D eigenvalue weighted by Crippen LogP contribution is 2.36. The second-order valence-corrected chi connectivity index (χ2v) is 3.34. The van der Waals surface area contributed by atoms with Crippen molar-refractivity contribution in [2.24, 2.45) is 0 Å². The Morgan fingerprint density at radius 1 is 1.33 bits per heavy atom. The van der Waals surface area contributed by atoms with Gasteiger partial charge in [-0.15, -0.1) is 0 Å². The van der Waals surface area contributed by atoms with Crippen LogP contribution in [0.25, 0.3) is 0 Å². The van der Waals surface area contributed by atoms with Crippen molar-refractivity contribution in [3.8, 4) is 0 Å². The van der Waals surface area contributed by atoms with Gasteiger partial charge < -0.3 is 4.74 Å². The van der Waals surface area contributed by atoms with Crippen LogP contribution in [-0.4, -0.2) is 6.61 Å². The van der Waals surface area contributed by atoms with E-state index in [1.54, 1.807) is 12.1 Å². The molecule has 0 saturated carbocycles. The number of halogens is 1. The van der Waals surface area contributed by atoms with Gasteiger partial charge in [0.05, 0.1) is 12.2 Å². The lowest BCUT2D eigenvalue weighted by molar-refractivity contribution is -0.140. The summed E-state index contributed by atoms with van der Waals surface area (Å²) >= 11 is 0. The van der Waals surface area contributed by atoms with Crippen molar-refractivity contribution in [3.05, 3.63) is 35.6 Å². The number of hydrogen-bond acceptors (Lipinski definition) is 1. The minimum Gasteiger partial charge on any atom is -0.370 e. The summed E-state index contributed by atoms with van der Waals surface area (Å²) in [4.78, 5) is 0. The molecule has 0 amide bonds. The molecule has 0 spiro atoms. The molecule has 0 unspecified atom stereocenters. The summed E-state index contributed by atoms with van der Waals surface area (Å²) in [6, 6.07) is 6.52. The van der Waals surface area contributed by atoms with Gasteiger partial charge in [0.1, 0.15) is 5.82 Å². The van der Waals surface area contributed by atoms with Crippen LogP contribution in [0.1, 0.15) is 18.9 Å². The fourth-order valence-electron chi connectivity index (χ4n) is 1.44. The second kappa shape index (κ2) is 2.56. The quantitative estimate of drug-likeness (QED) is 0.622. The Morgan fingerprint density at radius 3 is 2.33 bits per heavy atom. The largest absolute Gasteiger partial charge is 0.370 e. The van der Waals surface area contributed by atoms with Crippen molar-refractivity contribution < 1.29 is 9.13 Å². The smallest absolute Gasteiger partial charge is 0.123 e. The van der Waals surface area contributed by atoms with Crippen LogP contribution in [0.2, 0.25) is 0 Å². The molecule has 1 heterocycles. The minimum atomic E-state index is -0.193. The Labute approximate surface area is 71.2 Å². The van der Waals surface area contributed by atoms with Crippen molar-refractivity contribution in [3.63, 3.8) is 0 Å². The van der Waals surface area contributed by atoms with Gasteiger partial charge >= 0.3 is 0 Å². The molecule has 1 aromatic rings. The highest BCUT2D eigenvalue weighted by molar-refractivity contribution is 5.23. The summed E-state index contributed by atoms with van der Waals surface area (Å²) in [6.45, 7) is 2.84. The molecular formula is C10H11FO. The first-order valence-electron chi connectivity index (χ1n) is 4.11. The van der Waals surface area contributed by atoms with E-state index in [9.17, 15) is 4.39 Å². The molecule has 1 saturated heterocycles. The van der Waals surface area contributed by atoms with E-state index in [1.807, 2.05) is 6.92 Å². The van der Waals surface area contributed by atoms with E-state index in [-0.39, 0.29) is 11.4 Å². The highest BCUT2D eigenvalue weighted by atomic mass is 19.1. The molecule has 64 valence electrons. The fraction of sp³-hybridized carbons (Fsp3) is 0.400. The second-order valence-electron chi connectivity index (χ2n) is 3.34. The van der Waals surface area contributed by atoms with Crippen LogP contribution in [0.3, 0.4) is 0 Å². The minimum absolute atomic E-state index is 0.159. The third-order valence-electron chi connectivity index (χ3n) is 2.45. The number of benzene rings is 1. The van der Waals surface area contributed by atoms with Gasteiger partial charge in [-0.25, -0.2) is 4.39 Å². The van der Waals surface area contributed by atoms with Gasteiger partial charge in [0.2, 0.25) is 0 Å². The third kappa shape index (κ3) is 1.12. The number of hydrogen-bond donors (Lipinski definition) is 0. The summed E-state index contributed by atoms with van der Waals surface area (Å²) in [7, 11) is 0. The monoisotopic (exact) mass is 166 g/mol. The normalized spacial score (nSPS) is 28.2. The number of ether oxygens (including phenoxy) is 1. The van der Waals surface area contributed by atoms with Gasteiger partial charge in [0.25, 0.3) is 0 Å². The van der Waals surface area contributed by atoms with Gasteiger partial charge in [0.15, 0.2) is 0 Å². The predicted octanol–water partition coefficient (Wildman–Crippen LogP) is 2.46. The SMILES string of the molecule is C[C@]1(c2ccc(F)cc2)CCO1. The Balaban J connectivity index is 2.28. The summed E-state index contributed by atoms with van der Waals surface area (Å²) in [5.41, 5.74) is 0.906. The van der Waals surface area contributed by atoms with Crippen LogP contribution in [0.15, 0.2) is 24.3 Å². The molecule has 1 aliphatic rings. The fourth-order valence-corrected chi connectivity index (χ4v) is 1.44. The standard InChI is InChI=1S/C10H11FO/c1-10(6-7-12-10)8-2-4-9(11)5-3-8/h2-5H,6-7H2,1H3/t10-/m1/s1. The zero-order valence-corrected chi connectivity index (χ0v) is 7.01. The third-order valence-corrected chi connectivity index (χ3v) is 2.45. The van der Waals surface area contributed by atoms with Gasteiger partial charge in [-0.2, -0.15) is 0 Å². The van der Waals surface area contributed by atoms with Crippen LogP contribution in [0.4, 0.5) is 4.39 Å². The van der Waals surface area contributed by atoms with E-state index in [2.05, 4.69) is 0 Å². The van der Waals surface area contributed by atoms with Crippen LogP contribution in [0, 0.1) is 5.82 Å². The Bertz CT molecular complexity index is 274. The van der Waals surface area contributed by atoms with Crippen molar-refractivity contribution in [1.82, 2.24) is 0 Å². The maximum atomic E-state index is 12.6. The molecule has 1 aromatic carbocycles. The topological polar surface area (TPSA) is 9.23 Å². The molecule has 1 atom stereocenters. The van der Waals surface area contributed by atoms with E-state index >= 15 is 0 Å². The lowest BCUT2D eigenvalue weighted by atomic mass is 9.89. The van der Waals surface area contributed by atoms with Gasteiger partial charge in [-0.05, 0) is 24.6 Å². The van der Waals surface area contributed by atoms with Crippen molar-refractivity contribution in [2.75, 3.05) is 6.61 Å². The lowest BCUT2D eigenvalue weighted by Gasteiger charge is -2.39. The van der Waals surface area contributed by atoms with Crippen LogP contribution in [-0.2, 0) is 10.3 Å². The molecule has 1 fully saturated rings. The van der Waals surface area contributed by atoms with E-state index in [0.29, 0.717) is 0 Å².